The molecule has 3 aliphatic rings. The zero-order chi connectivity index (χ0) is 22.5. The number of hydrogen-bond donors (Lipinski definition) is 0. The molecule has 6 nitrogen and oxygen atoms in total. The highest BCUT2D eigenvalue weighted by Crippen LogP contribution is 2.47. The van der Waals surface area contributed by atoms with Gasteiger partial charge in [-0.2, -0.15) is 0 Å². The van der Waals surface area contributed by atoms with E-state index in [4.69, 9.17) is 9.47 Å². The quantitative estimate of drug-likeness (QED) is 0.500. The first-order chi connectivity index (χ1) is 15.3. The van der Waals surface area contributed by atoms with E-state index in [0.717, 1.165) is 10.0 Å². The summed E-state index contributed by atoms with van der Waals surface area (Å²) in [6.45, 7) is 2.93. The largest absolute Gasteiger partial charge is 0.484 e. The van der Waals surface area contributed by atoms with Crippen molar-refractivity contribution in [2.24, 2.45) is 0 Å². The molecule has 0 saturated carbocycles. The topological polar surface area (TPSA) is 72.9 Å². The highest BCUT2D eigenvalue weighted by atomic mass is 79.9. The molecule has 2 heterocycles. The van der Waals surface area contributed by atoms with Gasteiger partial charge in [-0.05, 0) is 42.8 Å². The number of halogens is 1. The van der Waals surface area contributed by atoms with Gasteiger partial charge in [-0.1, -0.05) is 28.1 Å². The van der Waals surface area contributed by atoms with E-state index in [1.54, 1.807) is 23.1 Å². The Morgan fingerprint density at radius 2 is 1.88 bits per heavy atom. The van der Waals surface area contributed by atoms with Crippen molar-refractivity contribution in [1.29, 1.82) is 0 Å². The number of thioether (sulfide) groups is 1. The predicted octanol–water partition coefficient (Wildman–Crippen LogP) is 4.99. The maximum Gasteiger partial charge on any atom is 0.415 e. The zero-order valence-corrected chi connectivity index (χ0v) is 19.8. The van der Waals surface area contributed by atoms with E-state index >= 15 is 0 Å². The van der Waals surface area contributed by atoms with Crippen LogP contribution in [0, 0.1) is 6.92 Å². The number of ether oxygens (including phenoxy) is 2. The number of benzene rings is 2. The summed E-state index contributed by atoms with van der Waals surface area (Å²) in [5, 5.41) is 0. The maximum atomic E-state index is 12.6. The molecule has 8 heteroatoms. The van der Waals surface area contributed by atoms with Crippen molar-refractivity contribution in [3.63, 3.8) is 0 Å². The van der Waals surface area contributed by atoms with Crippen LogP contribution >= 0.6 is 27.7 Å². The molecule has 2 aliphatic heterocycles. The number of ketones is 2. The van der Waals surface area contributed by atoms with Gasteiger partial charge in [0.1, 0.15) is 22.0 Å². The summed E-state index contributed by atoms with van der Waals surface area (Å²) in [5.41, 5.74) is 1.54. The van der Waals surface area contributed by atoms with Gasteiger partial charge in [0, 0.05) is 47.3 Å². The van der Waals surface area contributed by atoms with Gasteiger partial charge in [0.15, 0.2) is 0 Å². The first-order valence-electron chi connectivity index (χ1n) is 10.3. The number of aryl methyl sites for hydroxylation is 1. The molecule has 0 radical (unpaired) electrons. The third-order valence-corrected chi connectivity index (χ3v) is 7.84. The summed E-state index contributed by atoms with van der Waals surface area (Å²) in [6, 6.07) is 12.6. The fourth-order valence-electron chi connectivity index (χ4n) is 4.22. The molecule has 0 atom stereocenters. The Bertz CT molecular complexity index is 1180. The number of piperidine rings is 1. The average Bonchev–Trinajstić information content (AvgIpc) is 2.78. The van der Waals surface area contributed by atoms with Crippen molar-refractivity contribution < 1.29 is 23.9 Å². The first-order valence-corrected chi connectivity index (χ1v) is 12.1. The number of fused-ring (bicyclic) bond motifs is 2. The Kier molecular flexibility index (Phi) is 5.37. The molecule has 2 aromatic rings. The van der Waals surface area contributed by atoms with E-state index in [2.05, 4.69) is 15.9 Å². The minimum absolute atomic E-state index is 0.369. The van der Waals surface area contributed by atoms with Crippen molar-refractivity contribution in [1.82, 2.24) is 4.90 Å². The highest BCUT2D eigenvalue weighted by Gasteiger charge is 2.46. The molecule has 0 aromatic heterocycles. The van der Waals surface area contributed by atoms with Gasteiger partial charge in [-0.15, -0.1) is 11.8 Å². The van der Waals surface area contributed by atoms with Gasteiger partial charge < -0.3 is 14.4 Å². The molecular formula is C24H20BrNO5S. The standard InChI is InChI=1S/C24H20BrNO5S/c1-14-3-2-4-16(11-14)30-23(29)26-9-7-24(8-10-26)13-32-22-20(28)19(27)17-6-5-15(25)12-18(17)21(22)31-24/h2-6,11-12H,7-10,13H2,1H3. The minimum atomic E-state index is -0.506. The Hall–Kier alpha value is -2.58. The van der Waals surface area contributed by atoms with Gasteiger partial charge in [0.25, 0.3) is 0 Å². The van der Waals surface area contributed by atoms with Crippen molar-refractivity contribution in [2.45, 2.75) is 25.4 Å². The number of carbonyl (C=O) groups is 3. The maximum absolute atomic E-state index is 12.6. The van der Waals surface area contributed by atoms with Crippen LogP contribution in [-0.4, -0.2) is 47.0 Å². The second-order valence-electron chi connectivity index (χ2n) is 8.25. The molecule has 0 N–H and O–H groups in total. The normalized spacial score (nSPS) is 19.4. The van der Waals surface area contributed by atoms with Crippen LogP contribution < -0.4 is 4.74 Å². The Labute approximate surface area is 198 Å². The van der Waals surface area contributed by atoms with Crippen molar-refractivity contribution in [3.05, 3.63) is 68.5 Å². The SMILES string of the molecule is Cc1cccc(OC(=O)N2CCC3(CC2)CSC2=C(O3)c3cc(Br)ccc3C(=O)C2=O)c1. The summed E-state index contributed by atoms with van der Waals surface area (Å²) in [7, 11) is 0. The summed E-state index contributed by atoms with van der Waals surface area (Å²) in [6.07, 6.45) is 0.859. The third-order valence-electron chi connectivity index (χ3n) is 6.02. The first kappa shape index (κ1) is 21.3. The van der Waals surface area contributed by atoms with Crippen LogP contribution in [0.3, 0.4) is 0 Å². The van der Waals surface area contributed by atoms with E-state index in [1.165, 1.54) is 11.8 Å². The van der Waals surface area contributed by atoms with Crippen molar-refractivity contribution in [3.8, 4) is 5.75 Å². The van der Waals surface area contributed by atoms with Crippen LogP contribution in [0.1, 0.15) is 34.3 Å². The molecule has 164 valence electrons. The van der Waals surface area contributed by atoms with Crippen LogP contribution in [0.2, 0.25) is 0 Å². The molecule has 5 rings (SSSR count). The second kappa shape index (κ2) is 8.08. The van der Waals surface area contributed by atoms with Gasteiger partial charge in [-0.3, -0.25) is 9.59 Å². The summed E-state index contributed by atoms with van der Waals surface area (Å²) in [5.74, 6) is 0.579. The summed E-state index contributed by atoms with van der Waals surface area (Å²) >= 11 is 4.83. The van der Waals surface area contributed by atoms with Crippen LogP contribution in [0.5, 0.6) is 5.75 Å². The molecular weight excluding hydrogens is 494 g/mol. The van der Waals surface area contributed by atoms with Crippen LogP contribution in [0.25, 0.3) is 5.76 Å². The van der Waals surface area contributed by atoms with Crippen LogP contribution in [-0.2, 0) is 9.53 Å². The lowest BCUT2D eigenvalue weighted by Gasteiger charge is -2.45. The average molecular weight is 514 g/mol. The smallest absolute Gasteiger partial charge is 0.415 e. The van der Waals surface area contributed by atoms with Gasteiger partial charge in [0.05, 0.1) is 0 Å². The molecule has 0 unspecified atom stereocenters. The lowest BCUT2D eigenvalue weighted by Crippen LogP contribution is -2.51. The van der Waals surface area contributed by atoms with Gasteiger partial charge >= 0.3 is 6.09 Å². The molecule has 1 fully saturated rings. The fourth-order valence-corrected chi connectivity index (χ4v) is 5.85. The number of carbonyl (C=O) groups excluding carboxylic acids is 3. The van der Waals surface area contributed by atoms with E-state index in [0.29, 0.717) is 59.2 Å². The number of hydrogen-bond acceptors (Lipinski definition) is 6. The van der Waals surface area contributed by atoms with E-state index in [-0.39, 0.29) is 6.09 Å². The molecule has 1 saturated heterocycles. The van der Waals surface area contributed by atoms with Crippen molar-refractivity contribution in [2.75, 3.05) is 18.8 Å². The van der Waals surface area contributed by atoms with Crippen LogP contribution in [0.4, 0.5) is 4.79 Å². The molecule has 2 aromatic carbocycles. The number of allylic oxidation sites excluding steroid dienone is 1. The minimum Gasteiger partial charge on any atom is -0.484 e. The van der Waals surface area contributed by atoms with E-state index in [9.17, 15) is 14.4 Å². The number of Topliss-reactive ketones (excluding diaryl/α,β-unsaturated/α-hetero) is 2. The summed E-state index contributed by atoms with van der Waals surface area (Å²) < 4.78 is 12.8. The van der Waals surface area contributed by atoms with E-state index < -0.39 is 17.2 Å². The number of amides is 1. The number of nitrogens with zero attached hydrogens (tertiary/aromatic N) is 1. The van der Waals surface area contributed by atoms with Gasteiger partial charge in [-0.25, -0.2) is 4.79 Å². The monoisotopic (exact) mass is 513 g/mol. The number of rotatable bonds is 1. The third kappa shape index (κ3) is 3.75. The van der Waals surface area contributed by atoms with Crippen LogP contribution in [0.15, 0.2) is 51.8 Å². The molecule has 1 amide bonds. The zero-order valence-electron chi connectivity index (χ0n) is 17.4. The highest BCUT2D eigenvalue weighted by molar-refractivity contribution is 9.10. The van der Waals surface area contributed by atoms with E-state index in [1.807, 2.05) is 31.2 Å². The molecule has 1 spiro atoms. The molecule has 32 heavy (non-hydrogen) atoms. The second-order valence-corrected chi connectivity index (χ2v) is 10.2. The fraction of sp³-hybridized carbons (Fsp3) is 0.292. The number of likely N-dealkylation sites (tertiary alicyclic amines) is 1. The summed E-state index contributed by atoms with van der Waals surface area (Å²) in [4.78, 5) is 39.8. The molecule has 1 aliphatic carbocycles. The Morgan fingerprint density at radius 1 is 1.09 bits per heavy atom. The molecule has 0 bridgehead atoms. The lowest BCUT2D eigenvalue weighted by molar-refractivity contribution is -0.111. The van der Waals surface area contributed by atoms with Gasteiger partial charge in [0.2, 0.25) is 11.6 Å². The predicted molar refractivity (Wildman–Crippen MR) is 125 cm³/mol. The Balaban J connectivity index is 1.32. The lowest BCUT2D eigenvalue weighted by atomic mass is 9.90. The van der Waals surface area contributed by atoms with Crippen molar-refractivity contribution >= 4 is 51.1 Å². The Morgan fingerprint density at radius 3 is 2.62 bits per heavy atom.